The molecule has 3 aromatic rings. The minimum atomic E-state index is 0.0627. The number of anilines is 1. The molecule has 0 saturated carbocycles. The Labute approximate surface area is 157 Å². The molecule has 0 spiro atoms. The third-order valence-corrected chi connectivity index (χ3v) is 4.96. The summed E-state index contributed by atoms with van der Waals surface area (Å²) in [6.45, 7) is 3.30. The number of pyridine rings is 2. The number of hydrogen-bond donors (Lipinski definition) is 1. The highest BCUT2D eigenvalue weighted by Crippen LogP contribution is 2.29. The summed E-state index contributed by atoms with van der Waals surface area (Å²) in [5.74, 6) is 1.52. The first kappa shape index (κ1) is 16.2. The van der Waals surface area contributed by atoms with Gasteiger partial charge in [0.2, 0.25) is 5.88 Å². The van der Waals surface area contributed by atoms with Crippen molar-refractivity contribution in [2.75, 3.05) is 11.9 Å². The first-order valence-electron chi connectivity index (χ1n) is 9.19. The van der Waals surface area contributed by atoms with Gasteiger partial charge in [0.05, 0.1) is 24.9 Å². The molecule has 0 unspecified atom stereocenters. The van der Waals surface area contributed by atoms with Crippen molar-refractivity contribution in [1.29, 1.82) is 0 Å². The van der Waals surface area contributed by atoms with Gasteiger partial charge in [0.25, 0.3) is 0 Å². The third-order valence-electron chi connectivity index (χ3n) is 4.96. The predicted octanol–water partition coefficient (Wildman–Crippen LogP) is 3.56. The van der Waals surface area contributed by atoms with E-state index in [1.54, 1.807) is 12.4 Å². The van der Waals surface area contributed by atoms with Gasteiger partial charge >= 0.3 is 0 Å². The highest BCUT2D eigenvalue weighted by molar-refractivity contribution is 6.11. The number of nitrogens with zero attached hydrogens (tertiary/aromatic N) is 3. The Bertz CT molecular complexity index is 1030. The molecular weight excluding hydrogens is 340 g/mol. The molecule has 0 amide bonds. The largest absolute Gasteiger partial charge is 0.471 e. The number of ether oxygens (including phenoxy) is 2. The molecule has 1 fully saturated rings. The van der Waals surface area contributed by atoms with Gasteiger partial charge in [-0.15, -0.1) is 0 Å². The second kappa shape index (κ2) is 6.63. The number of amidine groups is 1. The molecule has 1 saturated heterocycles. The molecule has 1 aromatic carbocycles. The maximum absolute atomic E-state index is 6.09. The third kappa shape index (κ3) is 3.13. The van der Waals surface area contributed by atoms with E-state index in [9.17, 15) is 0 Å². The summed E-state index contributed by atoms with van der Waals surface area (Å²) in [5, 5.41) is 5.49. The summed E-state index contributed by atoms with van der Waals surface area (Å²) < 4.78 is 11.7. The number of nitrogens with one attached hydrogen (secondary N) is 1. The fraction of sp³-hybridized carbons (Fsp3) is 0.286. The van der Waals surface area contributed by atoms with E-state index in [0.717, 1.165) is 40.0 Å². The van der Waals surface area contributed by atoms with E-state index in [0.29, 0.717) is 19.0 Å². The van der Waals surface area contributed by atoms with Crippen LogP contribution in [-0.2, 0) is 11.3 Å². The molecule has 0 radical (unpaired) electrons. The number of rotatable bonds is 3. The maximum Gasteiger partial charge on any atom is 0.221 e. The molecule has 2 atom stereocenters. The topological polar surface area (TPSA) is 68.6 Å². The molecule has 2 aromatic heterocycles. The first-order valence-corrected chi connectivity index (χ1v) is 9.19. The van der Waals surface area contributed by atoms with Gasteiger partial charge in [0.1, 0.15) is 11.9 Å². The van der Waals surface area contributed by atoms with Gasteiger partial charge in [-0.05, 0) is 48.7 Å². The smallest absolute Gasteiger partial charge is 0.221 e. The van der Waals surface area contributed by atoms with Crippen LogP contribution in [0.25, 0.3) is 10.8 Å². The molecule has 6 heteroatoms. The van der Waals surface area contributed by atoms with Crippen LogP contribution < -0.4 is 10.1 Å². The molecule has 2 aliphatic rings. The van der Waals surface area contributed by atoms with Gasteiger partial charge in [-0.2, -0.15) is 0 Å². The highest BCUT2D eigenvalue weighted by atomic mass is 16.6. The second-order valence-electron chi connectivity index (χ2n) is 6.96. The highest BCUT2D eigenvalue weighted by Gasteiger charge is 2.24. The Hall–Kier alpha value is -2.99. The van der Waals surface area contributed by atoms with Crippen LogP contribution in [0.3, 0.4) is 0 Å². The van der Waals surface area contributed by atoms with Gasteiger partial charge in [0.15, 0.2) is 0 Å². The van der Waals surface area contributed by atoms with Crippen LogP contribution in [0.5, 0.6) is 5.88 Å². The number of benzene rings is 1. The van der Waals surface area contributed by atoms with Crippen LogP contribution in [0.4, 0.5) is 5.69 Å². The van der Waals surface area contributed by atoms with Crippen LogP contribution in [0.2, 0.25) is 0 Å². The lowest BCUT2D eigenvalue weighted by Crippen LogP contribution is -2.17. The average molecular weight is 360 g/mol. The molecule has 5 rings (SSSR count). The van der Waals surface area contributed by atoms with Crippen LogP contribution in [-0.4, -0.2) is 34.6 Å². The van der Waals surface area contributed by atoms with Crippen LogP contribution in [0.15, 0.2) is 53.8 Å². The van der Waals surface area contributed by atoms with E-state index in [1.165, 1.54) is 0 Å². The zero-order valence-electron chi connectivity index (χ0n) is 15.1. The molecule has 6 nitrogen and oxygen atoms in total. The molecule has 136 valence electrons. The summed E-state index contributed by atoms with van der Waals surface area (Å²) in [4.78, 5) is 13.4. The van der Waals surface area contributed by atoms with Gasteiger partial charge < -0.3 is 14.8 Å². The summed E-state index contributed by atoms with van der Waals surface area (Å²) in [7, 11) is 0. The molecule has 4 heterocycles. The second-order valence-corrected chi connectivity index (χ2v) is 6.96. The van der Waals surface area contributed by atoms with Crippen molar-refractivity contribution in [3.05, 3.63) is 60.0 Å². The lowest BCUT2D eigenvalue weighted by atomic mass is 10.1. The van der Waals surface area contributed by atoms with Crippen molar-refractivity contribution in [3.63, 3.8) is 0 Å². The normalized spacial score (nSPS) is 21.1. The molecule has 0 aliphatic carbocycles. The van der Waals surface area contributed by atoms with Gasteiger partial charge in [-0.25, -0.2) is 4.98 Å². The molecule has 0 bridgehead atoms. The van der Waals surface area contributed by atoms with Crippen molar-refractivity contribution in [2.24, 2.45) is 4.99 Å². The van der Waals surface area contributed by atoms with Crippen molar-refractivity contribution < 1.29 is 9.47 Å². The van der Waals surface area contributed by atoms with E-state index < -0.39 is 0 Å². The maximum atomic E-state index is 6.09. The quantitative estimate of drug-likeness (QED) is 0.773. The van der Waals surface area contributed by atoms with Crippen LogP contribution in [0.1, 0.15) is 24.6 Å². The van der Waals surface area contributed by atoms with Gasteiger partial charge in [0, 0.05) is 35.5 Å². The number of aliphatic imine (C=N–C) groups is 1. The minimum absolute atomic E-state index is 0.0627. The van der Waals surface area contributed by atoms with Crippen molar-refractivity contribution in [2.45, 2.75) is 32.1 Å². The van der Waals surface area contributed by atoms with E-state index in [2.05, 4.69) is 33.3 Å². The number of aromatic nitrogens is 2. The Morgan fingerprint density at radius 1 is 1.15 bits per heavy atom. The van der Waals surface area contributed by atoms with Crippen molar-refractivity contribution in [3.8, 4) is 5.88 Å². The summed E-state index contributed by atoms with van der Waals surface area (Å²) in [6.07, 6.45) is 4.79. The first-order chi connectivity index (χ1) is 13.3. The standard InChI is InChI=1S/C21H20N4O2/c1-13-9-16(12-26-13)27-21-17-5-4-15(10-14(17)6-8-23-21)25-20-18-3-2-7-22-19(18)11-24-20/h2-8,10,13,16H,9,11-12H2,1H3,(H,24,25)/t13-,16-/m0/s1. The van der Waals surface area contributed by atoms with E-state index >= 15 is 0 Å². The Balaban J connectivity index is 1.40. The van der Waals surface area contributed by atoms with Crippen molar-refractivity contribution in [1.82, 2.24) is 9.97 Å². The van der Waals surface area contributed by atoms with Crippen LogP contribution >= 0.6 is 0 Å². The average Bonchev–Trinajstić information content (AvgIpc) is 3.28. The Morgan fingerprint density at radius 3 is 3.00 bits per heavy atom. The number of fused-ring (bicyclic) bond motifs is 2. The van der Waals surface area contributed by atoms with Crippen LogP contribution in [0, 0.1) is 0 Å². The van der Waals surface area contributed by atoms with Crippen molar-refractivity contribution >= 4 is 22.3 Å². The fourth-order valence-corrected chi connectivity index (χ4v) is 3.60. The zero-order valence-corrected chi connectivity index (χ0v) is 15.1. The monoisotopic (exact) mass is 360 g/mol. The molecule has 2 aliphatic heterocycles. The van der Waals surface area contributed by atoms with E-state index in [1.807, 2.05) is 30.3 Å². The SMILES string of the molecule is C[C@H]1C[C@H](Oc2nccc3cc(NC4=NCc5ncccc54)ccc23)CO1. The Kier molecular flexibility index (Phi) is 3.98. The lowest BCUT2D eigenvalue weighted by Gasteiger charge is -2.14. The van der Waals surface area contributed by atoms with Gasteiger partial charge in [-0.3, -0.25) is 9.98 Å². The summed E-state index contributed by atoms with van der Waals surface area (Å²) in [6, 6.07) is 12.1. The lowest BCUT2D eigenvalue weighted by molar-refractivity contribution is 0.103. The predicted molar refractivity (Wildman–Crippen MR) is 104 cm³/mol. The van der Waals surface area contributed by atoms with E-state index in [4.69, 9.17) is 9.47 Å². The molecule has 1 N–H and O–H groups in total. The molecular formula is C21H20N4O2. The Morgan fingerprint density at radius 2 is 2.11 bits per heavy atom. The van der Waals surface area contributed by atoms with Gasteiger partial charge in [-0.1, -0.05) is 0 Å². The zero-order chi connectivity index (χ0) is 18.2. The fourth-order valence-electron chi connectivity index (χ4n) is 3.60. The molecule has 27 heavy (non-hydrogen) atoms. The van der Waals surface area contributed by atoms with E-state index in [-0.39, 0.29) is 12.2 Å². The summed E-state index contributed by atoms with van der Waals surface area (Å²) in [5.41, 5.74) is 3.05. The minimum Gasteiger partial charge on any atom is -0.471 e. The number of hydrogen-bond acceptors (Lipinski definition) is 6. The summed E-state index contributed by atoms with van der Waals surface area (Å²) >= 11 is 0.